The number of nitrogens with one attached hydrogen (secondary N) is 1. The van der Waals surface area contributed by atoms with Crippen LogP contribution in [0.5, 0.6) is 0 Å². The number of β-lactam (4-membered cyclic amide) rings is 1. The number of fused-ring (bicyclic) bond motifs is 1. The molecule has 0 radical (unpaired) electrons. The van der Waals surface area contributed by atoms with Gasteiger partial charge in [-0.15, -0.1) is 11.8 Å². The fraction of sp³-hybridized carbons (Fsp3) is 0.412. The van der Waals surface area contributed by atoms with E-state index in [9.17, 15) is 29.4 Å². The molecule has 3 N–H and O–H groups in total. The van der Waals surface area contributed by atoms with Crippen molar-refractivity contribution in [2.45, 2.75) is 42.0 Å². The number of amides is 2. The van der Waals surface area contributed by atoms with Gasteiger partial charge in [-0.2, -0.15) is 0 Å². The summed E-state index contributed by atoms with van der Waals surface area (Å²) in [5.74, 6) is -5.34. The first-order chi connectivity index (χ1) is 12.5. The Hall–Kier alpha value is -2.26. The Balaban J connectivity index is 1.78. The Morgan fingerprint density at radius 2 is 1.81 bits per heavy atom. The molecule has 4 atom stereocenters. The van der Waals surface area contributed by atoms with Crippen LogP contribution in [0.1, 0.15) is 25.3 Å². The summed E-state index contributed by atoms with van der Waals surface area (Å²) < 4.78 is -0.728. The lowest BCUT2D eigenvalue weighted by Gasteiger charge is -2.43. The van der Waals surface area contributed by atoms with Gasteiger partial charge < -0.3 is 20.4 Å². The van der Waals surface area contributed by atoms with E-state index in [2.05, 4.69) is 5.32 Å². The second-order valence-corrected chi connectivity index (χ2v) is 9.11. The van der Waals surface area contributed by atoms with Crippen LogP contribution in [0.4, 0.5) is 0 Å². The Morgan fingerprint density at radius 3 is 2.33 bits per heavy atom. The van der Waals surface area contributed by atoms with Crippen LogP contribution in [0, 0.1) is 0 Å². The zero-order chi connectivity index (χ0) is 20.1. The second-order valence-electron chi connectivity index (χ2n) is 6.91. The van der Waals surface area contributed by atoms with Crippen LogP contribution < -0.4 is 5.32 Å². The topological polar surface area (TPSA) is 124 Å². The molecule has 3 unspecified atom stereocenters. The van der Waals surface area contributed by atoms with Gasteiger partial charge in [0.25, 0.3) is 0 Å². The van der Waals surface area contributed by atoms with E-state index in [1.165, 1.54) is 40.9 Å². The molecule has 8 nitrogen and oxygen atoms in total. The molecule has 10 heteroatoms. The molecule has 0 aliphatic carbocycles. The SMILES string of the molecule is CC1(C)S[C@@H]2C(NC(=O)C(C(=O)O)c3ccc(Cl)cc3)C(=O)N2C1C(=O)O. The summed E-state index contributed by atoms with van der Waals surface area (Å²) in [7, 11) is 0. The smallest absolute Gasteiger partial charge is 0.327 e. The summed E-state index contributed by atoms with van der Waals surface area (Å²) in [6.45, 7) is 3.43. The van der Waals surface area contributed by atoms with Crippen LogP contribution >= 0.6 is 23.4 Å². The van der Waals surface area contributed by atoms with Crippen molar-refractivity contribution in [3.63, 3.8) is 0 Å². The quantitative estimate of drug-likeness (QED) is 0.489. The zero-order valence-electron chi connectivity index (χ0n) is 14.4. The van der Waals surface area contributed by atoms with Crippen molar-refractivity contribution in [3.05, 3.63) is 34.9 Å². The van der Waals surface area contributed by atoms with Crippen LogP contribution in [-0.2, 0) is 19.2 Å². The first kappa shape index (κ1) is 19.5. The highest BCUT2D eigenvalue weighted by atomic mass is 35.5. The highest BCUT2D eigenvalue weighted by Gasteiger charge is 2.64. The van der Waals surface area contributed by atoms with E-state index in [1.54, 1.807) is 13.8 Å². The molecule has 0 spiro atoms. The van der Waals surface area contributed by atoms with Crippen LogP contribution in [0.2, 0.25) is 5.02 Å². The first-order valence-corrected chi connectivity index (χ1v) is 9.32. The van der Waals surface area contributed by atoms with Crippen LogP contribution in [0.15, 0.2) is 24.3 Å². The second kappa shape index (κ2) is 6.72. The molecule has 3 rings (SSSR count). The molecule has 2 aliphatic heterocycles. The number of thioether (sulfide) groups is 1. The Kier molecular flexibility index (Phi) is 4.85. The number of hydrogen-bond acceptors (Lipinski definition) is 5. The average Bonchev–Trinajstić information content (AvgIpc) is 2.82. The molecule has 1 aromatic carbocycles. The molecule has 144 valence electrons. The summed E-state index contributed by atoms with van der Waals surface area (Å²) in [6.07, 6.45) is 0. The van der Waals surface area contributed by atoms with Gasteiger partial charge >= 0.3 is 11.9 Å². The van der Waals surface area contributed by atoms with Gasteiger partial charge in [0.2, 0.25) is 11.8 Å². The van der Waals surface area contributed by atoms with E-state index in [1.807, 2.05) is 0 Å². The van der Waals surface area contributed by atoms with Crippen LogP contribution in [0.3, 0.4) is 0 Å². The molecular formula is C17H17ClN2O6S. The summed E-state index contributed by atoms with van der Waals surface area (Å²) in [5, 5.41) is 21.2. The lowest BCUT2D eigenvalue weighted by molar-refractivity contribution is -0.161. The third-order valence-electron chi connectivity index (χ3n) is 4.69. The fourth-order valence-corrected chi connectivity index (χ4v) is 5.19. The molecule has 0 saturated carbocycles. The number of nitrogens with zero attached hydrogens (tertiary/aromatic N) is 1. The molecule has 2 aliphatic rings. The van der Waals surface area contributed by atoms with Crippen molar-refractivity contribution in [2.24, 2.45) is 0 Å². The first-order valence-electron chi connectivity index (χ1n) is 8.06. The summed E-state index contributed by atoms with van der Waals surface area (Å²) >= 11 is 7.06. The van der Waals surface area contributed by atoms with Gasteiger partial charge in [-0.3, -0.25) is 14.4 Å². The number of carbonyl (C=O) groups excluding carboxylic acids is 2. The van der Waals surface area contributed by atoms with Gasteiger partial charge in [0.1, 0.15) is 17.5 Å². The third-order valence-corrected chi connectivity index (χ3v) is 6.51. The number of carboxylic acids is 2. The normalized spacial score (nSPS) is 26.7. The molecule has 0 bridgehead atoms. The van der Waals surface area contributed by atoms with Crippen LogP contribution in [-0.4, -0.2) is 61.1 Å². The molecule has 27 heavy (non-hydrogen) atoms. The lowest BCUT2D eigenvalue weighted by Crippen LogP contribution is -2.71. The number of hydrogen-bond donors (Lipinski definition) is 3. The maximum atomic E-state index is 12.6. The van der Waals surface area contributed by atoms with Crippen molar-refractivity contribution in [1.29, 1.82) is 0 Å². The molecule has 0 aromatic heterocycles. The Bertz CT molecular complexity index is 827. The Morgan fingerprint density at radius 1 is 1.22 bits per heavy atom. The van der Waals surface area contributed by atoms with E-state index in [-0.39, 0.29) is 5.56 Å². The fourth-order valence-electron chi connectivity index (χ4n) is 3.44. The van der Waals surface area contributed by atoms with Gasteiger partial charge in [0.15, 0.2) is 5.92 Å². The van der Waals surface area contributed by atoms with Gasteiger partial charge in [-0.1, -0.05) is 23.7 Å². The molecule has 2 heterocycles. The maximum absolute atomic E-state index is 12.6. The summed E-state index contributed by atoms with van der Waals surface area (Å²) in [6, 6.07) is 3.86. The van der Waals surface area contributed by atoms with Crippen LogP contribution in [0.25, 0.3) is 0 Å². The van der Waals surface area contributed by atoms with E-state index in [0.29, 0.717) is 5.02 Å². The zero-order valence-corrected chi connectivity index (χ0v) is 16.0. The number of benzene rings is 1. The minimum absolute atomic E-state index is 0.232. The third kappa shape index (κ3) is 3.25. The minimum Gasteiger partial charge on any atom is -0.480 e. The number of aliphatic carboxylic acids is 2. The molecular weight excluding hydrogens is 396 g/mol. The van der Waals surface area contributed by atoms with Crippen molar-refractivity contribution >= 4 is 47.1 Å². The largest absolute Gasteiger partial charge is 0.480 e. The number of carbonyl (C=O) groups is 4. The summed E-state index contributed by atoms with van der Waals surface area (Å²) in [4.78, 5) is 49.3. The average molecular weight is 413 g/mol. The van der Waals surface area contributed by atoms with Gasteiger partial charge in [0, 0.05) is 9.77 Å². The molecule has 2 amide bonds. The number of carboxylic acid groups (broad SMARTS) is 2. The van der Waals surface area contributed by atoms with E-state index < -0.39 is 51.9 Å². The van der Waals surface area contributed by atoms with E-state index in [4.69, 9.17) is 11.6 Å². The summed E-state index contributed by atoms with van der Waals surface area (Å²) in [5.41, 5.74) is 0.232. The maximum Gasteiger partial charge on any atom is 0.327 e. The predicted molar refractivity (Wildman–Crippen MR) is 97.5 cm³/mol. The lowest BCUT2D eigenvalue weighted by atomic mass is 9.94. The van der Waals surface area contributed by atoms with Crippen molar-refractivity contribution in [2.75, 3.05) is 0 Å². The van der Waals surface area contributed by atoms with Gasteiger partial charge in [0.05, 0.1) is 0 Å². The molecule has 2 saturated heterocycles. The number of rotatable bonds is 5. The highest BCUT2D eigenvalue weighted by Crippen LogP contribution is 2.50. The van der Waals surface area contributed by atoms with Crippen molar-refractivity contribution in [3.8, 4) is 0 Å². The van der Waals surface area contributed by atoms with Crippen molar-refractivity contribution in [1.82, 2.24) is 10.2 Å². The van der Waals surface area contributed by atoms with Gasteiger partial charge in [-0.25, -0.2) is 4.79 Å². The van der Waals surface area contributed by atoms with E-state index in [0.717, 1.165) is 0 Å². The van der Waals surface area contributed by atoms with E-state index >= 15 is 0 Å². The predicted octanol–water partition coefficient (Wildman–Crippen LogP) is 1.14. The standard InChI is InChI=1S/C17H17ClN2O6S/c1-17(2)11(16(25)26)20-13(22)10(14(20)27-17)19-12(21)9(15(23)24)7-3-5-8(18)6-4-7/h3-6,9-11,14H,1-2H3,(H,19,21)(H,23,24)(H,25,26)/t9?,10?,11?,14-/m1/s1. The number of halogens is 1. The van der Waals surface area contributed by atoms with Crippen molar-refractivity contribution < 1.29 is 29.4 Å². The minimum atomic E-state index is -1.50. The monoisotopic (exact) mass is 412 g/mol. The highest BCUT2D eigenvalue weighted by molar-refractivity contribution is 8.01. The molecule has 2 fully saturated rings. The Labute approximate surface area is 163 Å². The van der Waals surface area contributed by atoms with Gasteiger partial charge in [-0.05, 0) is 31.5 Å². The molecule has 1 aromatic rings.